The Bertz CT molecular complexity index is 1860. The number of hydrogen-bond donors (Lipinski definition) is 4. The fraction of sp³-hybridized carbons (Fsp3) is 0.357. The number of phenolic OH excluding ortho intramolecular Hbond substituents is 2. The van der Waals surface area contributed by atoms with Crippen molar-refractivity contribution in [3.63, 3.8) is 0 Å². The summed E-state index contributed by atoms with van der Waals surface area (Å²) in [4.78, 5) is 15.9. The first-order chi connectivity index (χ1) is 23.6. The minimum Gasteiger partial charge on any atom is -0.507 e. The summed E-state index contributed by atoms with van der Waals surface area (Å²) in [5.41, 5.74) is 7.32. The summed E-state index contributed by atoms with van der Waals surface area (Å²) in [7, 11) is 0. The minimum absolute atomic E-state index is 0.114. The number of benzene rings is 4. The molecule has 0 saturated heterocycles. The highest BCUT2D eigenvalue weighted by atomic mass is 16.3. The van der Waals surface area contributed by atoms with Gasteiger partial charge in [-0.1, -0.05) is 70.5 Å². The second-order valence-corrected chi connectivity index (χ2v) is 13.7. The predicted molar refractivity (Wildman–Crippen MR) is 204 cm³/mol. The molecular formula is C42H52N4O3. The van der Waals surface area contributed by atoms with Gasteiger partial charge < -0.3 is 30.3 Å². The second kappa shape index (κ2) is 16.1. The number of anilines is 3. The van der Waals surface area contributed by atoms with Crippen LogP contribution in [0.3, 0.4) is 0 Å². The number of nitrogens with zero attached hydrogens (tertiary/aromatic N) is 2. The Balaban J connectivity index is 1.27. The number of carbonyl (C=O) groups is 1. The molecule has 0 radical (unpaired) electrons. The lowest BCUT2D eigenvalue weighted by Crippen LogP contribution is -2.32. The summed E-state index contributed by atoms with van der Waals surface area (Å²) in [6.07, 6.45) is 3.68. The highest BCUT2D eigenvalue weighted by molar-refractivity contribution is 6.05. The third-order valence-electron chi connectivity index (χ3n) is 9.71. The predicted octanol–water partition coefficient (Wildman–Crippen LogP) is 10.1. The number of hydrogen-bond acceptors (Lipinski definition) is 5. The summed E-state index contributed by atoms with van der Waals surface area (Å²) in [5, 5.41) is 28.8. The maximum absolute atomic E-state index is 13.2. The van der Waals surface area contributed by atoms with Gasteiger partial charge in [0.05, 0.1) is 5.56 Å². The molecule has 0 fully saturated rings. The molecule has 4 aromatic carbocycles. The summed E-state index contributed by atoms with van der Waals surface area (Å²) >= 11 is 0. The zero-order chi connectivity index (χ0) is 35.1. The van der Waals surface area contributed by atoms with Crippen molar-refractivity contribution in [3.05, 3.63) is 102 Å². The Hall–Kier alpha value is -4.75. The lowest BCUT2D eigenvalue weighted by Gasteiger charge is -2.27. The smallest absolute Gasteiger partial charge is 0.255 e. The van der Waals surface area contributed by atoms with E-state index in [1.165, 1.54) is 60.1 Å². The van der Waals surface area contributed by atoms with E-state index in [1.807, 2.05) is 30.3 Å². The molecule has 1 aromatic heterocycles. The monoisotopic (exact) mass is 660 g/mol. The van der Waals surface area contributed by atoms with Crippen LogP contribution in [0.25, 0.3) is 22.0 Å². The molecule has 5 aromatic rings. The third kappa shape index (κ3) is 8.65. The lowest BCUT2D eigenvalue weighted by molar-refractivity contribution is 0.102. The Labute approximate surface area is 291 Å². The first-order valence-corrected chi connectivity index (χ1v) is 17.7. The molecule has 4 N–H and O–H groups in total. The number of fused-ring (bicyclic) bond motifs is 1. The molecule has 0 bridgehead atoms. The third-order valence-corrected chi connectivity index (χ3v) is 9.71. The van der Waals surface area contributed by atoms with Gasteiger partial charge in [0.15, 0.2) is 0 Å². The van der Waals surface area contributed by atoms with E-state index in [-0.39, 0.29) is 17.4 Å². The van der Waals surface area contributed by atoms with E-state index in [0.717, 1.165) is 36.9 Å². The first kappa shape index (κ1) is 35.6. The lowest BCUT2D eigenvalue weighted by atomic mass is 10.0. The summed E-state index contributed by atoms with van der Waals surface area (Å²) < 4.78 is 2.48. The molecule has 2 unspecified atom stereocenters. The largest absolute Gasteiger partial charge is 0.507 e. The van der Waals surface area contributed by atoms with E-state index >= 15 is 0 Å². The number of amides is 1. The average Bonchev–Trinajstić information content (AvgIpc) is 3.31. The standard InChI is InChI=1S/C42H52N4O3/c1-7-20-45(21-19-28(3)8-2)26-29(4)27-46-31(6)30(5)37-23-35(17-18-38(37)46)43-34-16-12-15-33(22-34)42(49)44-36-24-39(47)41(40(48)25-36)32-13-10-9-11-14-32/h9-18,22-25,28-29,43,47-48H,7-8,19-21,26-27H2,1-6H3,(H,44,49). The quantitative estimate of drug-likeness (QED) is 0.0897. The van der Waals surface area contributed by atoms with Gasteiger partial charge in [-0.2, -0.15) is 0 Å². The maximum Gasteiger partial charge on any atom is 0.255 e. The number of rotatable bonds is 15. The zero-order valence-corrected chi connectivity index (χ0v) is 29.9. The fourth-order valence-electron chi connectivity index (χ4n) is 6.68. The molecular weight excluding hydrogens is 608 g/mol. The first-order valence-electron chi connectivity index (χ1n) is 17.7. The highest BCUT2D eigenvalue weighted by Gasteiger charge is 2.18. The normalized spacial score (nSPS) is 12.7. The van der Waals surface area contributed by atoms with Crippen molar-refractivity contribution < 1.29 is 15.0 Å². The van der Waals surface area contributed by atoms with Crippen LogP contribution >= 0.6 is 0 Å². The van der Waals surface area contributed by atoms with Gasteiger partial charge in [0.25, 0.3) is 5.91 Å². The number of aromatic nitrogens is 1. The van der Waals surface area contributed by atoms with Crippen molar-refractivity contribution in [2.75, 3.05) is 30.3 Å². The molecule has 7 heteroatoms. The fourth-order valence-corrected chi connectivity index (χ4v) is 6.68. The number of aryl methyl sites for hydroxylation is 1. The summed E-state index contributed by atoms with van der Waals surface area (Å²) in [6, 6.07) is 25.8. The van der Waals surface area contributed by atoms with Crippen LogP contribution in [-0.4, -0.2) is 45.2 Å². The van der Waals surface area contributed by atoms with E-state index in [9.17, 15) is 15.0 Å². The Morgan fingerprint density at radius 3 is 2.22 bits per heavy atom. The molecule has 5 rings (SSSR count). The van der Waals surface area contributed by atoms with Crippen molar-refractivity contribution >= 4 is 33.9 Å². The second-order valence-electron chi connectivity index (χ2n) is 13.7. The zero-order valence-electron chi connectivity index (χ0n) is 29.9. The van der Waals surface area contributed by atoms with Crippen LogP contribution in [0, 0.1) is 25.7 Å². The van der Waals surface area contributed by atoms with Crippen LogP contribution in [0.1, 0.15) is 68.6 Å². The Morgan fingerprint density at radius 1 is 0.816 bits per heavy atom. The van der Waals surface area contributed by atoms with Gasteiger partial charge in [-0.3, -0.25) is 4.79 Å². The van der Waals surface area contributed by atoms with Gasteiger partial charge in [0.1, 0.15) is 11.5 Å². The van der Waals surface area contributed by atoms with Crippen LogP contribution in [0.4, 0.5) is 17.1 Å². The van der Waals surface area contributed by atoms with Crippen molar-refractivity contribution in [2.24, 2.45) is 11.8 Å². The number of nitrogens with one attached hydrogen (secondary N) is 2. The van der Waals surface area contributed by atoms with Crippen LogP contribution in [-0.2, 0) is 6.54 Å². The highest BCUT2D eigenvalue weighted by Crippen LogP contribution is 2.40. The van der Waals surface area contributed by atoms with Crippen LogP contribution in [0.15, 0.2) is 84.9 Å². The molecule has 0 aliphatic rings. The molecule has 0 saturated carbocycles. The molecule has 1 heterocycles. The number of phenols is 2. The van der Waals surface area contributed by atoms with Gasteiger partial charge in [-0.25, -0.2) is 0 Å². The maximum atomic E-state index is 13.2. The molecule has 49 heavy (non-hydrogen) atoms. The van der Waals surface area contributed by atoms with E-state index in [0.29, 0.717) is 28.3 Å². The molecule has 7 nitrogen and oxygen atoms in total. The van der Waals surface area contributed by atoms with Gasteiger partial charge in [0.2, 0.25) is 0 Å². The summed E-state index contributed by atoms with van der Waals surface area (Å²) in [6.45, 7) is 18.1. The van der Waals surface area contributed by atoms with E-state index < -0.39 is 0 Å². The molecule has 0 spiro atoms. The van der Waals surface area contributed by atoms with Crippen molar-refractivity contribution in [3.8, 4) is 22.6 Å². The van der Waals surface area contributed by atoms with E-state index in [1.54, 1.807) is 24.3 Å². The molecule has 0 aliphatic heterocycles. The van der Waals surface area contributed by atoms with Crippen molar-refractivity contribution in [2.45, 2.75) is 67.3 Å². The Kier molecular flexibility index (Phi) is 11.7. The van der Waals surface area contributed by atoms with Gasteiger partial charge in [-0.05, 0) is 99.1 Å². The van der Waals surface area contributed by atoms with Gasteiger partial charge in [-0.15, -0.1) is 0 Å². The average molecular weight is 661 g/mol. The SMILES string of the molecule is CCCN(CCC(C)CC)CC(C)Cn1c(C)c(C)c2cc(Nc3cccc(C(=O)Nc4cc(O)c(-c5ccccc5)c(O)c4)c3)ccc21. The van der Waals surface area contributed by atoms with Crippen molar-refractivity contribution in [1.29, 1.82) is 0 Å². The van der Waals surface area contributed by atoms with Crippen LogP contribution in [0.5, 0.6) is 11.5 Å². The molecule has 2 atom stereocenters. The minimum atomic E-state index is -0.347. The molecule has 258 valence electrons. The van der Waals surface area contributed by atoms with Gasteiger partial charge >= 0.3 is 0 Å². The van der Waals surface area contributed by atoms with E-state index in [2.05, 4.69) is 79.8 Å². The Morgan fingerprint density at radius 2 is 1.53 bits per heavy atom. The van der Waals surface area contributed by atoms with Crippen LogP contribution < -0.4 is 10.6 Å². The number of carbonyl (C=O) groups excluding carboxylic acids is 1. The van der Waals surface area contributed by atoms with Gasteiger partial charge in [0, 0.05) is 64.4 Å². The van der Waals surface area contributed by atoms with E-state index in [4.69, 9.17) is 0 Å². The summed E-state index contributed by atoms with van der Waals surface area (Å²) in [5.74, 6) is 0.719. The molecule has 0 aliphatic carbocycles. The topological polar surface area (TPSA) is 89.8 Å². The van der Waals surface area contributed by atoms with Crippen molar-refractivity contribution in [1.82, 2.24) is 9.47 Å². The molecule has 1 amide bonds. The van der Waals surface area contributed by atoms with Crippen LogP contribution in [0.2, 0.25) is 0 Å². The number of aromatic hydroxyl groups is 2.